The number of nitrogens with one attached hydrogen (secondary N) is 2. The molecule has 1 saturated carbocycles. The molecule has 0 aromatic heterocycles. The van der Waals surface area contributed by atoms with Crippen LogP contribution in [0.2, 0.25) is 0 Å². The normalized spacial score (nSPS) is 25.4. The van der Waals surface area contributed by atoms with Crippen molar-refractivity contribution in [2.45, 2.75) is 63.6 Å². The molecule has 0 spiro atoms. The van der Waals surface area contributed by atoms with Crippen molar-refractivity contribution in [1.82, 2.24) is 10.6 Å². The number of Topliss-reactive ketones (excluding diaryl/α,β-unsaturated/α-hetero) is 2. The van der Waals surface area contributed by atoms with Crippen molar-refractivity contribution in [3.05, 3.63) is 35.9 Å². The molecule has 0 bridgehead atoms. The third-order valence-electron chi connectivity index (χ3n) is 6.83. The first-order chi connectivity index (χ1) is 16.7. The van der Waals surface area contributed by atoms with Gasteiger partial charge in [-0.2, -0.15) is 0 Å². The van der Waals surface area contributed by atoms with E-state index in [2.05, 4.69) is 10.6 Å². The number of epoxide rings is 1. The number of ether oxygens (including phenoxy) is 1. The monoisotopic (exact) mass is 488 g/mol. The van der Waals surface area contributed by atoms with E-state index in [-0.39, 0.29) is 24.2 Å². The van der Waals surface area contributed by atoms with E-state index in [4.69, 9.17) is 4.74 Å². The molecule has 0 radical (unpaired) electrons. The first-order valence-corrected chi connectivity index (χ1v) is 12.3. The van der Waals surface area contributed by atoms with Gasteiger partial charge >= 0.3 is 0 Å². The van der Waals surface area contributed by atoms with Crippen LogP contribution in [0.3, 0.4) is 0 Å². The van der Waals surface area contributed by atoms with Gasteiger partial charge in [-0.05, 0) is 31.6 Å². The third kappa shape index (κ3) is 6.74. The topological polar surface area (TPSA) is 145 Å². The van der Waals surface area contributed by atoms with E-state index >= 15 is 0 Å². The average Bonchev–Trinajstić information content (AvgIpc) is 3.67. The quantitative estimate of drug-likeness (QED) is 0.254. The lowest BCUT2D eigenvalue weighted by Gasteiger charge is -2.29. The van der Waals surface area contributed by atoms with Gasteiger partial charge in [0.05, 0.1) is 25.9 Å². The van der Waals surface area contributed by atoms with Gasteiger partial charge in [0.25, 0.3) is 0 Å². The van der Waals surface area contributed by atoms with E-state index in [1.165, 1.54) is 0 Å². The molecule has 1 saturated heterocycles. The standard InChI is InChI=1S/C26H36N2O7/c1-16(2)11-20(23(32)26(14-30)15-35-26)27-25(34)21(13-29)28-24(33)19-10-6-9-18(12-19)22(31)17-7-4-3-5-8-17/h3-5,7-8,16,18-21,29-30H,6,9-15H2,1-2H3,(H,27,34)(H,28,33)/t18?,19?,20?,21-,26?/m0/s1. The Labute approximate surface area is 205 Å². The highest BCUT2D eigenvalue weighted by Gasteiger charge is 2.54. The predicted octanol–water partition coefficient (Wildman–Crippen LogP) is 1.01. The lowest BCUT2D eigenvalue weighted by Crippen LogP contribution is -2.56. The number of hydrogen-bond donors (Lipinski definition) is 4. The number of hydrogen-bond acceptors (Lipinski definition) is 7. The second-order valence-electron chi connectivity index (χ2n) is 10.0. The Morgan fingerprint density at radius 3 is 2.26 bits per heavy atom. The van der Waals surface area contributed by atoms with Crippen LogP contribution in [0.25, 0.3) is 0 Å². The molecular weight excluding hydrogens is 452 g/mol. The third-order valence-corrected chi connectivity index (χ3v) is 6.83. The molecule has 2 aliphatic rings. The zero-order valence-electron chi connectivity index (χ0n) is 20.4. The minimum absolute atomic E-state index is 0.00898. The summed E-state index contributed by atoms with van der Waals surface area (Å²) in [5.74, 6) is -2.13. The van der Waals surface area contributed by atoms with Crippen molar-refractivity contribution in [3.8, 4) is 0 Å². The van der Waals surface area contributed by atoms with Gasteiger partial charge in [-0.25, -0.2) is 0 Å². The van der Waals surface area contributed by atoms with Crippen LogP contribution in [0, 0.1) is 17.8 Å². The van der Waals surface area contributed by atoms with Crippen LogP contribution in [0.15, 0.2) is 30.3 Å². The molecule has 2 fully saturated rings. The highest BCUT2D eigenvalue weighted by Crippen LogP contribution is 2.32. The highest BCUT2D eigenvalue weighted by molar-refractivity contribution is 5.99. The number of amides is 2. The van der Waals surface area contributed by atoms with Gasteiger partial charge in [0.2, 0.25) is 11.8 Å². The lowest BCUT2D eigenvalue weighted by atomic mass is 9.77. The average molecular weight is 489 g/mol. The van der Waals surface area contributed by atoms with Gasteiger partial charge in [-0.1, -0.05) is 50.6 Å². The Balaban J connectivity index is 1.60. The Bertz CT molecular complexity index is 914. The van der Waals surface area contributed by atoms with Crippen LogP contribution < -0.4 is 10.6 Å². The molecule has 9 nitrogen and oxygen atoms in total. The molecule has 5 atom stereocenters. The van der Waals surface area contributed by atoms with Crippen molar-refractivity contribution < 1.29 is 34.1 Å². The fourth-order valence-electron chi connectivity index (χ4n) is 4.68. The van der Waals surface area contributed by atoms with Crippen LogP contribution in [0.5, 0.6) is 0 Å². The fraction of sp³-hybridized carbons (Fsp3) is 0.615. The van der Waals surface area contributed by atoms with Crippen LogP contribution in [-0.2, 0) is 19.1 Å². The Hall–Kier alpha value is -2.62. The summed E-state index contributed by atoms with van der Waals surface area (Å²) in [6, 6.07) is 6.83. The minimum atomic E-state index is -1.28. The van der Waals surface area contributed by atoms with Crippen LogP contribution in [-0.4, -0.2) is 71.1 Å². The van der Waals surface area contributed by atoms with Gasteiger partial charge < -0.3 is 25.6 Å². The maximum absolute atomic E-state index is 13.0. The number of aliphatic hydroxyl groups is 2. The molecule has 1 aromatic rings. The zero-order chi connectivity index (χ0) is 25.6. The molecule has 4 unspecified atom stereocenters. The van der Waals surface area contributed by atoms with Crippen molar-refractivity contribution in [2.75, 3.05) is 19.8 Å². The summed E-state index contributed by atoms with van der Waals surface area (Å²) in [5.41, 5.74) is -0.667. The molecule has 1 aromatic carbocycles. The number of carbonyl (C=O) groups is 4. The molecular formula is C26H36N2O7. The summed E-state index contributed by atoms with van der Waals surface area (Å²) in [5, 5.41) is 24.5. The number of rotatable bonds is 12. The minimum Gasteiger partial charge on any atom is -0.394 e. The molecule has 35 heavy (non-hydrogen) atoms. The second-order valence-corrected chi connectivity index (χ2v) is 10.0. The number of carbonyl (C=O) groups excluding carboxylic acids is 4. The smallest absolute Gasteiger partial charge is 0.245 e. The summed E-state index contributed by atoms with van der Waals surface area (Å²) >= 11 is 0. The maximum atomic E-state index is 13.0. The van der Waals surface area contributed by atoms with Gasteiger partial charge in [0.15, 0.2) is 17.2 Å². The van der Waals surface area contributed by atoms with E-state index < -0.39 is 54.4 Å². The Morgan fingerprint density at radius 2 is 1.69 bits per heavy atom. The van der Waals surface area contributed by atoms with Crippen molar-refractivity contribution in [2.24, 2.45) is 17.8 Å². The zero-order valence-corrected chi connectivity index (χ0v) is 20.4. The number of aliphatic hydroxyl groups excluding tert-OH is 2. The van der Waals surface area contributed by atoms with Crippen LogP contribution in [0.4, 0.5) is 0 Å². The van der Waals surface area contributed by atoms with E-state index in [0.29, 0.717) is 37.7 Å². The number of ketones is 2. The molecule has 192 valence electrons. The number of benzene rings is 1. The molecule has 1 aliphatic carbocycles. The van der Waals surface area contributed by atoms with Gasteiger partial charge in [-0.3, -0.25) is 19.2 Å². The maximum Gasteiger partial charge on any atom is 0.245 e. The van der Waals surface area contributed by atoms with Crippen molar-refractivity contribution in [3.63, 3.8) is 0 Å². The molecule has 4 N–H and O–H groups in total. The van der Waals surface area contributed by atoms with E-state index in [1.807, 2.05) is 19.9 Å². The summed E-state index contributed by atoms with van der Waals surface area (Å²) in [7, 11) is 0. The van der Waals surface area contributed by atoms with Crippen molar-refractivity contribution in [1.29, 1.82) is 0 Å². The molecule has 2 amide bonds. The van der Waals surface area contributed by atoms with Crippen LogP contribution in [0.1, 0.15) is 56.3 Å². The van der Waals surface area contributed by atoms with Crippen molar-refractivity contribution >= 4 is 23.4 Å². The van der Waals surface area contributed by atoms with Crippen LogP contribution >= 0.6 is 0 Å². The lowest BCUT2D eigenvalue weighted by molar-refractivity contribution is -0.135. The largest absolute Gasteiger partial charge is 0.394 e. The summed E-state index contributed by atoms with van der Waals surface area (Å²) in [4.78, 5) is 51.5. The second kappa shape index (κ2) is 11.9. The molecule has 9 heteroatoms. The molecule has 1 heterocycles. The Morgan fingerprint density at radius 1 is 1.03 bits per heavy atom. The summed E-state index contributed by atoms with van der Waals surface area (Å²) < 4.78 is 5.15. The first kappa shape index (κ1) is 27.0. The summed E-state index contributed by atoms with van der Waals surface area (Å²) in [6.07, 6.45) is 2.72. The molecule has 1 aliphatic heterocycles. The summed E-state index contributed by atoms with van der Waals surface area (Å²) in [6.45, 7) is 2.78. The van der Waals surface area contributed by atoms with E-state index in [9.17, 15) is 29.4 Å². The fourth-order valence-corrected chi connectivity index (χ4v) is 4.68. The van der Waals surface area contributed by atoms with E-state index in [1.54, 1.807) is 24.3 Å². The molecule has 3 rings (SSSR count). The van der Waals surface area contributed by atoms with Gasteiger partial charge in [0.1, 0.15) is 6.04 Å². The Kier molecular flexibility index (Phi) is 9.15. The van der Waals surface area contributed by atoms with Gasteiger partial charge in [-0.15, -0.1) is 0 Å². The SMILES string of the molecule is CC(C)CC(NC(=O)[C@H](CO)NC(=O)C1CCCC(C(=O)c2ccccc2)C1)C(=O)C1(CO)CO1. The predicted molar refractivity (Wildman–Crippen MR) is 127 cm³/mol. The first-order valence-electron chi connectivity index (χ1n) is 12.3. The highest BCUT2D eigenvalue weighted by atomic mass is 16.6. The van der Waals surface area contributed by atoms with E-state index in [0.717, 1.165) is 0 Å². The van der Waals surface area contributed by atoms with Gasteiger partial charge in [0, 0.05) is 17.4 Å².